The van der Waals surface area contributed by atoms with E-state index in [1.807, 2.05) is 0 Å². The highest BCUT2D eigenvalue weighted by atomic mass is 35.5. The molecule has 0 saturated carbocycles. The van der Waals surface area contributed by atoms with Gasteiger partial charge >= 0.3 is 0 Å². The van der Waals surface area contributed by atoms with Crippen molar-refractivity contribution < 1.29 is 37.4 Å². The molecule has 0 radical (unpaired) electrons. The largest absolute Gasteiger partial charge is 0.460 e. The van der Waals surface area contributed by atoms with Crippen molar-refractivity contribution in [1.29, 1.82) is 0 Å². The van der Waals surface area contributed by atoms with E-state index in [0.717, 1.165) is 6.07 Å². The number of rotatable bonds is 9. The molecule has 5 rings (SSSR count). The summed E-state index contributed by atoms with van der Waals surface area (Å²) in [6.45, 7) is 1.35. The number of alkyl halides is 1. The number of aliphatic hydroxyl groups is 1. The maximum Gasteiger partial charge on any atom is 0.291 e. The number of aromatic nitrogens is 2. The molecule has 0 atom stereocenters. The van der Waals surface area contributed by atoms with E-state index in [1.54, 1.807) is 9.80 Å². The first kappa shape index (κ1) is 32.3. The van der Waals surface area contributed by atoms with Gasteiger partial charge < -0.3 is 35.3 Å². The second kappa shape index (κ2) is 13.9. The monoisotopic (exact) mass is 648 g/mol. The summed E-state index contributed by atoms with van der Waals surface area (Å²) in [7, 11) is 0. The van der Waals surface area contributed by atoms with Crippen molar-refractivity contribution >= 4 is 35.0 Å². The van der Waals surface area contributed by atoms with Gasteiger partial charge in [0.25, 0.3) is 11.8 Å². The third kappa shape index (κ3) is 7.57. The lowest BCUT2D eigenvalue weighted by molar-refractivity contribution is -0.139. The van der Waals surface area contributed by atoms with Crippen LogP contribution in [0.5, 0.6) is 5.75 Å². The van der Waals surface area contributed by atoms with Gasteiger partial charge in [0.2, 0.25) is 18.6 Å². The number of carbonyl (C=O) groups is 3. The Bertz CT molecular complexity index is 1570. The summed E-state index contributed by atoms with van der Waals surface area (Å²) in [6.07, 6.45) is 2.28. The predicted molar refractivity (Wildman–Crippen MR) is 158 cm³/mol. The number of hydrogen-bond donors (Lipinski definition) is 4. The predicted octanol–water partition coefficient (Wildman–Crippen LogP) is 3.28. The van der Waals surface area contributed by atoms with E-state index in [9.17, 15) is 32.7 Å². The summed E-state index contributed by atoms with van der Waals surface area (Å²) in [4.78, 5) is 48.7. The van der Waals surface area contributed by atoms with Crippen LogP contribution in [0.15, 0.2) is 36.5 Å². The minimum atomic E-state index is -1.32. The van der Waals surface area contributed by atoms with Gasteiger partial charge in [-0.25, -0.2) is 13.8 Å². The Morgan fingerprint density at radius 2 is 1.76 bits per heavy atom. The summed E-state index contributed by atoms with van der Waals surface area (Å²) in [5.74, 6) is -4.24. The van der Waals surface area contributed by atoms with Gasteiger partial charge in [-0.2, -0.15) is 4.39 Å². The van der Waals surface area contributed by atoms with E-state index < -0.39 is 35.8 Å². The maximum absolute atomic E-state index is 14.4. The molecule has 0 bridgehead atoms. The number of nitrogens with zero attached hydrogens (tertiary/aromatic N) is 3. The lowest BCUT2D eigenvalue weighted by Gasteiger charge is -2.38. The van der Waals surface area contributed by atoms with Crippen LogP contribution >= 0.6 is 11.6 Å². The van der Waals surface area contributed by atoms with Crippen LogP contribution < -0.4 is 15.4 Å². The molecule has 4 N–H and O–H groups in total. The van der Waals surface area contributed by atoms with E-state index in [-0.39, 0.29) is 46.6 Å². The van der Waals surface area contributed by atoms with E-state index in [1.165, 1.54) is 30.5 Å². The number of piperidine rings is 1. The first-order valence-electron chi connectivity index (χ1n) is 14.4. The molecule has 1 aromatic heterocycles. The van der Waals surface area contributed by atoms with Crippen molar-refractivity contribution in [1.82, 2.24) is 25.1 Å². The molecule has 3 heterocycles. The number of carbonyl (C=O) groups excluding carboxylic acids is 3. The Kier molecular flexibility index (Phi) is 9.95. The minimum Gasteiger partial charge on any atom is -0.460 e. The van der Waals surface area contributed by atoms with E-state index in [4.69, 9.17) is 11.6 Å². The van der Waals surface area contributed by atoms with E-state index in [2.05, 4.69) is 25.3 Å². The van der Waals surface area contributed by atoms with E-state index >= 15 is 0 Å². The van der Waals surface area contributed by atoms with Crippen LogP contribution in [-0.4, -0.2) is 94.3 Å². The third-order valence-electron chi connectivity index (χ3n) is 7.95. The highest BCUT2D eigenvalue weighted by molar-refractivity contribution is 6.34. The summed E-state index contributed by atoms with van der Waals surface area (Å²) < 4.78 is 45.1. The standard InChI is InChI=1S/C30H32ClF3N6O5/c31-22-14-19(38-28(42)27-36-16-20(37-27)13-18-1-4-23(45-17-32)26(34)25(18)33)2-3-21(22)29(43)40-11-9-39(10-12-40)24(41)15-30(44)5-7-35-8-6-30/h1-4,14,16,35,44H,5-13,15,17H2,(H,36,37)(H,38,42). The smallest absolute Gasteiger partial charge is 0.291 e. The zero-order chi connectivity index (χ0) is 32.1. The number of hydrogen-bond acceptors (Lipinski definition) is 7. The number of piperazine rings is 1. The van der Waals surface area contributed by atoms with Crippen LogP contribution in [0.2, 0.25) is 5.02 Å². The Labute approximate surface area is 261 Å². The maximum atomic E-state index is 14.4. The highest BCUT2D eigenvalue weighted by Crippen LogP contribution is 2.27. The second-order valence-corrected chi connectivity index (χ2v) is 11.4. The lowest BCUT2D eigenvalue weighted by atomic mass is 9.88. The number of aromatic amines is 1. The van der Waals surface area contributed by atoms with Gasteiger partial charge in [-0.05, 0) is 55.8 Å². The summed E-state index contributed by atoms with van der Waals surface area (Å²) in [5, 5.41) is 16.6. The molecule has 11 nitrogen and oxygen atoms in total. The van der Waals surface area contributed by atoms with Gasteiger partial charge in [-0.15, -0.1) is 0 Å². The van der Waals surface area contributed by atoms with Crippen LogP contribution in [-0.2, 0) is 11.2 Å². The topological polar surface area (TPSA) is 140 Å². The van der Waals surface area contributed by atoms with Gasteiger partial charge in [0, 0.05) is 50.2 Å². The molecule has 3 aromatic rings. The first-order valence-corrected chi connectivity index (χ1v) is 14.8. The zero-order valence-electron chi connectivity index (χ0n) is 24.2. The lowest BCUT2D eigenvalue weighted by Crippen LogP contribution is -2.53. The Morgan fingerprint density at radius 1 is 1.04 bits per heavy atom. The fraction of sp³-hybridized carbons (Fsp3) is 0.400. The van der Waals surface area contributed by atoms with Gasteiger partial charge in [-0.3, -0.25) is 14.4 Å². The molecule has 2 aliphatic heterocycles. The van der Waals surface area contributed by atoms with Crippen molar-refractivity contribution in [3.8, 4) is 5.75 Å². The highest BCUT2D eigenvalue weighted by Gasteiger charge is 2.35. The molecule has 2 fully saturated rings. The molecular weight excluding hydrogens is 617 g/mol. The van der Waals surface area contributed by atoms with Gasteiger partial charge in [0.1, 0.15) is 0 Å². The van der Waals surface area contributed by atoms with Crippen molar-refractivity contribution in [2.45, 2.75) is 31.3 Å². The van der Waals surface area contributed by atoms with Crippen LogP contribution in [0.25, 0.3) is 0 Å². The molecule has 3 amide bonds. The molecule has 240 valence electrons. The summed E-state index contributed by atoms with van der Waals surface area (Å²) in [5.41, 5.74) is -0.204. The fourth-order valence-electron chi connectivity index (χ4n) is 5.40. The molecule has 0 aliphatic carbocycles. The van der Waals surface area contributed by atoms with Gasteiger partial charge in [0.05, 0.1) is 22.6 Å². The summed E-state index contributed by atoms with van der Waals surface area (Å²) in [6, 6.07) is 6.79. The molecule has 2 saturated heterocycles. The number of halogens is 4. The molecule has 45 heavy (non-hydrogen) atoms. The van der Waals surface area contributed by atoms with E-state index in [0.29, 0.717) is 63.5 Å². The van der Waals surface area contributed by atoms with Crippen molar-refractivity contribution in [2.24, 2.45) is 0 Å². The summed E-state index contributed by atoms with van der Waals surface area (Å²) >= 11 is 6.41. The molecule has 15 heteroatoms. The number of anilines is 1. The Hall–Kier alpha value is -4.14. The van der Waals surface area contributed by atoms with Crippen LogP contribution in [0, 0.1) is 11.6 Å². The van der Waals surface area contributed by atoms with Crippen LogP contribution in [0.4, 0.5) is 18.9 Å². The molecule has 0 unspecified atom stereocenters. The van der Waals surface area contributed by atoms with Gasteiger partial charge in [0.15, 0.2) is 17.4 Å². The number of ether oxygens (including phenoxy) is 1. The van der Waals surface area contributed by atoms with Crippen LogP contribution in [0.3, 0.4) is 0 Å². The second-order valence-electron chi connectivity index (χ2n) is 11.0. The quantitative estimate of drug-likeness (QED) is 0.279. The number of nitrogens with one attached hydrogen (secondary N) is 3. The Morgan fingerprint density at radius 3 is 2.44 bits per heavy atom. The van der Waals surface area contributed by atoms with Crippen molar-refractivity contribution in [3.05, 3.63) is 75.8 Å². The van der Waals surface area contributed by atoms with Crippen LogP contribution in [0.1, 0.15) is 51.5 Å². The Balaban J connectivity index is 1.14. The van der Waals surface area contributed by atoms with Gasteiger partial charge in [-0.1, -0.05) is 17.7 Å². The average molecular weight is 649 g/mol. The molecular formula is C30H32ClF3N6O5. The number of imidazole rings is 1. The fourth-order valence-corrected chi connectivity index (χ4v) is 5.66. The minimum absolute atomic E-state index is 0.0508. The van der Waals surface area contributed by atoms with Crippen molar-refractivity contribution in [2.75, 3.05) is 51.4 Å². The molecule has 2 aromatic carbocycles. The first-order chi connectivity index (χ1) is 21.6. The zero-order valence-corrected chi connectivity index (χ0v) is 24.9. The average Bonchev–Trinajstić information content (AvgIpc) is 3.50. The number of amides is 3. The number of benzene rings is 2. The SMILES string of the molecule is O=C(Nc1ccc(C(=O)N2CCN(C(=O)CC3(O)CCNCC3)CC2)c(Cl)c1)c1ncc(Cc2ccc(OCF)c(F)c2F)[nH]1. The number of H-pyrrole nitrogens is 1. The molecule has 2 aliphatic rings. The molecule has 0 spiro atoms. The normalized spacial score (nSPS) is 16.4. The van der Waals surface area contributed by atoms with Crippen molar-refractivity contribution in [3.63, 3.8) is 0 Å². The third-order valence-corrected chi connectivity index (χ3v) is 8.27.